The van der Waals surface area contributed by atoms with Crippen LogP contribution in [0.1, 0.15) is 15.9 Å². The van der Waals surface area contributed by atoms with Gasteiger partial charge in [0.15, 0.2) is 0 Å². The van der Waals surface area contributed by atoms with Crippen molar-refractivity contribution in [3.8, 4) is 11.5 Å². The highest BCUT2D eigenvalue weighted by molar-refractivity contribution is 6.07. The van der Waals surface area contributed by atoms with Gasteiger partial charge in [-0.1, -0.05) is 6.07 Å². The summed E-state index contributed by atoms with van der Waals surface area (Å²) < 4.78 is 10.4. The molecular formula is C17H17NO3. The van der Waals surface area contributed by atoms with E-state index in [1.807, 2.05) is 41.3 Å². The fraction of sp³-hybridized carbons (Fsp3) is 0.235. The average molecular weight is 283 g/mol. The zero-order chi connectivity index (χ0) is 14.8. The lowest BCUT2D eigenvalue weighted by atomic mass is 10.1. The second kappa shape index (κ2) is 5.48. The molecule has 0 unspecified atom stereocenters. The van der Waals surface area contributed by atoms with Crippen molar-refractivity contribution in [2.24, 2.45) is 0 Å². The smallest absolute Gasteiger partial charge is 0.258 e. The first-order chi connectivity index (χ1) is 10.2. The number of carbonyl (C=O) groups is 1. The minimum atomic E-state index is -0.00202. The number of nitrogens with zero attached hydrogens (tertiary/aromatic N) is 1. The molecule has 1 amide bonds. The van der Waals surface area contributed by atoms with Gasteiger partial charge in [0, 0.05) is 17.8 Å². The maximum Gasteiger partial charge on any atom is 0.258 e. The van der Waals surface area contributed by atoms with Crippen molar-refractivity contribution in [2.45, 2.75) is 6.42 Å². The van der Waals surface area contributed by atoms with Gasteiger partial charge in [0.2, 0.25) is 0 Å². The molecule has 1 aliphatic heterocycles. The fourth-order valence-electron chi connectivity index (χ4n) is 2.63. The van der Waals surface area contributed by atoms with E-state index in [9.17, 15) is 4.79 Å². The number of hydrogen-bond donors (Lipinski definition) is 0. The van der Waals surface area contributed by atoms with E-state index < -0.39 is 0 Å². The van der Waals surface area contributed by atoms with Crippen LogP contribution in [0.4, 0.5) is 5.69 Å². The Kier molecular flexibility index (Phi) is 3.52. The molecule has 0 aromatic heterocycles. The molecule has 1 heterocycles. The predicted octanol–water partition coefficient (Wildman–Crippen LogP) is 2.91. The Morgan fingerprint density at radius 1 is 1.05 bits per heavy atom. The van der Waals surface area contributed by atoms with E-state index in [1.54, 1.807) is 20.3 Å². The van der Waals surface area contributed by atoms with Crippen LogP contribution in [0.2, 0.25) is 0 Å². The maximum atomic E-state index is 12.7. The lowest BCUT2D eigenvalue weighted by Gasteiger charge is -2.18. The summed E-state index contributed by atoms with van der Waals surface area (Å²) >= 11 is 0. The number of anilines is 1. The van der Waals surface area contributed by atoms with Gasteiger partial charge in [0.1, 0.15) is 11.5 Å². The third kappa shape index (κ3) is 2.44. The molecule has 0 N–H and O–H groups in total. The van der Waals surface area contributed by atoms with Gasteiger partial charge >= 0.3 is 0 Å². The summed E-state index contributed by atoms with van der Waals surface area (Å²) in [5.41, 5.74) is 2.74. The van der Waals surface area contributed by atoms with Crippen LogP contribution >= 0.6 is 0 Å². The van der Waals surface area contributed by atoms with E-state index in [-0.39, 0.29) is 5.91 Å². The lowest BCUT2D eigenvalue weighted by Crippen LogP contribution is -2.28. The molecule has 108 valence electrons. The van der Waals surface area contributed by atoms with Crippen LogP contribution in [0, 0.1) is 0 Å². The molecule has 0 saturated heterocycles. The predicted molar refractivity (Wildman–Crippen MR) is 81.4 cm³/mol. The number of amides is 1. The average Bonchev–Trinajstić information content (AvgIpc) is 2.97. The largest absolute Gasteiger partial charge is 0.497 e. The summed E-state index contributed by atoms with van der Waals surface area (Å²) in [5.74, 6) is 1.51. The Morgan fingerprint density at radius 3 is 2.57 bits per heavy atom. The second-order valence-electron chi connectivity index (χ2n) is 4.93. The molecule has 21 heavy (non-hydrogen) atoms. The van der Waals surface area contributed by atoms with Gasteiger partial charge in [-0.2, -0.15) is 0 Å². The standard InChI is InChI=1S/C17H17NO3/c1-20-14-5-3-4-13(11-14)17(19)18-9-8-12-10-15(21-2)6-7-16(12)18/h3-7,10-11H,8-9H2,1-2H3. The Labute approximate surface area is 123 Å². The molecule has 4 heteroatoms. The van der Waals surface area contributed by atoms with Crippen molar-refractivity contribution >= 4 is 11.6 Å². The quantitative estimate of drug-likeness (QED) is 0.869. The Morgan fingerprint density at radius 2 is 1.81 bits per heavy atom. The van der Waals surface area contributed by atoms with Gasteiger partial charge in [-0.15, -0.1) is 0 Å². The summed E-state index contributed by atoms with van der Waals surface area (Å²) in [6, 6.07) is 13.1. The SMILES string of the molecule is COc1cccc(C(=O)N2CCc3cc(OC)ccc32)c1. The number of rotatable bonds is 3. The fourth-order valence-corrected chi connectivity index (χ4v) is 2.63. The lowest BCUT2D eigenvalue weighted by molar-refractivity contribution is 0.0989. The van der Waals surface area contributed by atoms with Crippen LogP contribution in [0.5, 0.6) is 11.5 Å². The molecule has 0 aliphatic carbocycles. The van der Waals surface area contributed by atoms with Crippen LogP contribution in [0.15, 0.2) is 42.5 Å². The first-order valence-electron chi connectivity index (χ1n) is 6.86. The molecule has 2 aromatic rings. The van der Waals surface area contributed by atoms with Gasteiger partial charge in [-0.25, -0.2) is 0 Å². The maximum absolute atomic E-state index is 12.7. The highest BCUT2D eigenvalue weighted by atomic mass is 16.5. The zero-order valence-corrected chi connectivity index (χ0v) is 12.1. The summed E-state index contributed by atoms with van der Waals surface area (Å²) in [6.45, 7) is 0.693. The van der Waals surface area contributed by atoms with Crippen LogP contribution in [-0.2, 0) is 6.42 Å². The highest BCUT2D eigenvalue weighted by Gasteiger charge is 2.26. The summed E-state index contributed by atoms with van der Waals surface area (Å²) in [4.78, 5) is 14.5. The summed E-state index contributed by atoms with van der Waals surface area (Å²) in [5, 5.41) is 0. The minimum Gasteiger partial charge on any atom is -0.497 e. The zero-order valence-electron chi connectivity index (χ0n) is 12.1. The van der Waals surface area contributed by atoms with Crippen molar-refractivity contribution in [1.82, 2.24) is 0 Å². The summed E-state index contributed by atoms with van der Waals surface area (Å²) in [6.07, 6.45) is 0.849. The van der Waals surface area contributed by atoms with Gasteiger partial charge < -0.3 is 14.4 Å². The summed E-state index contributed by atoms with van der Waals surface area (Å²) in [7, 11) is 3.25. The molecule has 0 atom stereocenters. The molecule has 0 radical (unpaired) electrons. The Bertz CT molecular complexity index is 681. The molecular weight excluding hydrogens is 266 g/mol. The number of hydrogen-bond acceptors (Lipinski definition) is 3. The van der Waals surface area contributed by atoms with Gasteiger partial charge in [0.05, 0.1) is 14.2 Å². The first-order valence-corrected chi connectivity index (χ1v) is 6.86. The first kappa shape index (κ1) is 13.5. The van der Waals surface area contributed by atoms with Gasteiger partial charge in [0.25, 0.3) is 5.91 Å². The van der Waals surface area contributed by atoms with Crippen LogP contribution in [-0.4, -0.2) is 26.7 Å². The van der Waals surface area contributed by atoms with Crippen LogP contribution in [0.25, 0.3) is 0 Å². The number of fused-ring (bicyclic) bond motifs is 1. The van der Waals surface area contributed by atoms with Crippen molar-refractivity contribution in [3.05, 3.63) is 53.6 Å². The third-order valence-electron chi connectivity index (χ3n) is 3.74. The highest BCUT2D eigenvalue weighted by Crippen LogP contribution is 2.32. The van der Waals surface area contributed by atoms with E-state index in [0.717, 1.165) is 23.4 Å². The number of benzene rings is 2. The molecule has 0 bridgehead atoms. The number of carbonyl (C=O) groups excluding carboxylic acids is 1. The molecule has 0 fully saturated rings. The van der Waals surface area contributed by atoms with E-state index in [4.69, 9.17) is 9.47 Å². The molecule has 2 aromatic carbocycles. The Hall–Kier alpha value is -2.49. The molecule has 0 spiro atoms. The van der Waals surface area contributed by atoms with E-state index >= 15 is 0 Å². The molecule has 0 saturated carbocycles. The molecule has 3 rings (SSSR count). The minimum absolute atomic E-state index is 0.00202. The van der Waals surface area contributed by atoms with Crippen molar-refractivity contribution in [2.75, 3.05) is 25.7 Å². The number of ether oxygens (including phenoxy) is 2. The normalized spacial score (nSPS) is 13.0. The van der Waals surface area contributed by atoms with Crippen molar-refractivity contribution < 1.29 is 14.3 Å². The van der Waals surface area contributed by atoms with Crippen molar-refractivity contribution in [1.29, 1.82) is 0 Å². The van der Waals surface area contributed by atoms with Gasteiger partial charge in [-0.3, -0.25) is 4.79 Å². The monoisotopic (exact) mass is 283 g/mol. The molecule has 4 nitrogen and oxygen atoms in total. The van der Waals surface area contributed by atoms with E-state index in [1.165, 1.54) is 0 Å². The third-order valence-corrected chi connectivity index (χ3v) is 3.74. The van der Waals surface area contributed by atoms with Crippen LogP contribution < -0.4 is 14.4 Å². The van der Waals surface area contributed by atoms with E-state index in [2.05, 4.69) is 0 Å². The topological polar surface area (TPSA) is 38.8 Å². The van der Waals surface area contributed by atoms with Crippen LogP contribution in [0.3, 0.4) is 0 Å². The number of methoxy groups -OCH3 is 2. The molecule has 1 aliphatic rings. The van der Waals surface area contributed by atoms with Gasteiger partial charge in [-0.05, 0) is 48.4 Å². The van der Waals surface area contributed by atoms with E-state index in [0.29, 0.717) is 17.9 Å². The second-order valence-corrected chi connectivity index (χ2v) is 4.93. The van der Waals surface area contributed by atoms with Crippen molar-refractivity contribution in [3.63, 3.8) is 0 Å². The Balaban J connectivity index is 1.91.